The van der Waals surface area contributed by atoms with Crippen LogP contribution in [-0.4, -0.2) is 13.9 Å². The quantitative estimate of drug-likeness (QED) is 0.656. The summed E-state index contributed by atoms with van der Waals surface area (Å²) in [5.41, 5.74) is -0.456. The second-order valence-corrected chi connectivity index (χ2v) is 9.95. The number of nitriles is 1. The van der Waals surface area contributed by atoms with Crippen molar-refractivity contribution in [1.82, 2.24) is 0 Å². The number of hydrogen-bond acceptors (Lipinski definition) is 2. The van der Waals surface area contributed by atoms with E-state index in [0.717, 1.165) is 19.3 Å². The molecule has 0 radical (unpaired) electrons. The van der Waals surface area contributed by atoms with Crippen molar-refractivity contribution in [2.75, 3.05) is 0 Å². The molecule has 0 bridgehead atoms. The predicted octanol–water partition coefficient (Wildman–Crippen LogP) is 3.31. The fraction of sp³-hybridized carbons (Fsp3) is 0.909. The Kier molecular flexibility index (Phi) is 3.39. The van der Waals surface area contributed by atoms with Gasteiger partial charge in [-0.25, -0.2) is 0 Å². The molecule has 1 aliphatic carbocycles. The monoisotopic (exact) mass is 211 g/mol. The van der Waals surface area contributed by atoms with Gasteiger partial charge in [0.15, 0.2) is 8.32 Å². The van der Waals surface area contributed by atoms with Gasteiger partial charge in [-0.1, -0.05) is 13.3 Å². The Labute approximate surface area is 88.4 Å². The van der Waals surface area contributed by atoms with Gasteiger partial charge < -0.3 is 4.43 Å². The van der Waals surface area contributed by atoms with Crippen LogP contribution in [0.1, 0.15) is 32.6 Å². The molecule has 2 nitrogen and oxygen atoms in total. The Hall–Kier alpha value is -0.333. The van der Waals surface area contributed by atoms with Crippen molar-refractivity contribution in [2.24, 2.45) is 5.92 Å². The minimum atomic E-state index is -1.59. The Bertz CT molecular complexity index is 241. The smallest absolute Gasteiger partial charge is 0.185 e. The standard InChI is InChI=1S/C11H21NOSi/c1-10-6-5-7-11(8-10,9-12)13-14(2,3)4/h10H,5-8H2,1-4H3. The van der Waals surface area contributed by atoms with Crippen molar-refractivity contribution in [3.05, 3.63) is 0 Å². The van der Waals surface area contributed by atoms with Gasteiger partial charge in [-0.3, -0.25) is 0 Å². The maximum absolute atomic E-state index is 9.27. The molecule has 0 spiro atoms. The zero-order valence-electron chi connectivity index (χ0n) is 9.76. The summed E-state index contributed by atoms with van der Waals surface area (Å²) in [4.78, 5) is 0. The molecule has 0 aromatic heterocycles. The molecule has 0 aromatic carbocycles. The lowest BCUT2D eigenvalue weighted by molar-refractivity contribution is 0.0564. The second-order valence-electron chi connectivity index (χ2n) is 5.52. The Morgan fingerprint density at radius 1 is 1.43 bits per heavy atom. The summed E-state index contributed by atoms with van der Waals surface area (Å²) in [6.45, 7) is 8.70. The van der Waals surface area contributed by atoms with Crippen molar-refractivity contribution in [3.8, 4) is 6.07 Å². The highest BCUT2D eigenvalue weighted by atomic mass is 28.4. The van der Waals surface area contributed by atoms with E-state index in [-0.39, 0.29) is 0 Å². The first kappa shape index (κ1) is 11.7. The molecular weight excluding hydrogens is 190 g/mol. The molecule has 80 valence electrons. The van der Waals surface area contributed by atoms with Gasteiger partial charge in [-0.15, -0.1) is 0 Å². The van der Waals surface area contributed by atoms with E-state index in [9.17, 15) is 5.26 Å². The first-order valence-electron chi connectivity index (χ1n) is 5.48. The van der Waals surface area contributed by atoms with Crippen molar-refractivity contribution in [1.29, 1.82) is 5.26 Å². The van der Waals surface area contributed by atoms with Crippen LogP contribution >= 0.6 is 0 Å². The first-order valence-corrected chi connectivity index (χ1v) is 8.89. The molecule has 1 aliphatic rings. The van der Waals surface area contributed by atoms with Gasteiger partial charge in [0.25, 0.3) is 0 Å². The van der Waals surface area contributed by atoms with E-state index in [1.165, 1.54) is 6.42 Å². The summed E-state index contributed by atoms with van der Waals surface area (Å²) < 4.78 is 6.06. The minimum absolute atomic E-state index is 0.456. The average molecular weight is 211 g/mol. The molecule has 0 aromatic rings. The van der Waals surface area contributed by atoms with Crippen LogP contribution in [0.3, 0.4) is 0 Å². The van der Waals surface area contributed by atoms with E-state index in [1.54, 1.807) is 0 Å². The van der Waals surface area contributed by atoms with Gasteiger partial charge in [0.05, 0.1) is 6.07 Å². The molecule has 0 aliphatic heterocycles. The van der Waals surface area contributed by atoms with E-state index in [4.69, 9.17) is 4.43 Å². The molecule has 2 atom stereocenters. The van der Waals surface area contributed by atoms with Crippen LogP contribution in [-0.2, 0) is 4.43 Å². The molecule has 1 fully saturated rings. The highest BCUT2D eigenvalue weighted by Gasteiger charge is 2.39. The Morgan fingerprint density at radius 2 is 2.07 bits per heavy atom. The lowest BCUT2D eigenvalue weighted by atomic mass is 9.80. The topological polar surface area (TPSA) is 33.0 Å². The van der Waals surface area contributed by atoms with Gasteiger partial charge in [-0.05, 0) is 44.8 Å². The zero-order chi connectivity index (χ0) is 10.8. The van der Waals surface area contributed by atoms with Crippen LogP contribution < -0.4 is 0 Å². The number of nitrogens with zero attached hydrogens (tertiary/aromatic N) is 1. The molecule has 0 N–H and O–H groups in total. The van der Waals surface area contributed by atoms with Crippen molar-refractivity contribution < 1.29 is 4.43 Å². The summed E-state index contributed by atoms with van der Waals surface area (Å²) in [7, 11) is -1.59. The van der Waals surface area contributed by atoms with Gasteiger partial charge in [0.1, 0.15) is 5.60 Å². The summed E-state index contributed by atoms with van der Waals surface area (Å²) in [5, 5.41) is 9.27. The van der Waals surface area contributed by atoms with Crippen molar-refractivity contribution in [3.63, 3.8) is 0 Å². The molecule has 1 rings (SSSR count). The second kappa shape index (κ2) is 4.04. The molecule has 14 heavy (non-hydrogen) atoms. The fourth-order valence-corrected chi connectivity index (χ4v) is 3.71. The average Bonchev–Trinajstić information content (AvgIpc) is 2.01. The summed E-state index contributed by atoms with van der Waals surface area (Å²) in [6.07, 6.45) is 4.24. The van der Waals surface area contributed by atoms with E-state index in [1.807, 2.05) is 0 Å². The van der Waals surface area contributed by atoms with Crippen molar-refractivity contribution >= 4 is 8.32 Å². The maximum atomic E-state index is 9.27. The van der Waals surface area contributed by atoms with Gasteiger partial charge >= 0.3 is 0 Å². The summed E-state index contributed by atoms with van der Waals surface area (Å²) in [6, 6.07) is 2.42. The summed E-state index contributed by atoms with van der Waals surface area (Å²) >= 11 is 0. The lowest BCUT2D eigenvalue weighted by Gasteiger charge is -2.38. The van der Waals surface area contributed by atoms with Crippen LogP contribution in [0.5, 0.6) is 0 Å². The molecule has 0 saturated heterocycles. The van der Waals surface area contributed by atoms with E-state index in [0.29, 0.717) is 5.92 Å². The van der Waals surface area contributed by atoms with Crippen LogP contribution in [0.25, 0.3) is 0 Å². The fourth-order valence-electron chi connectivity index (χ4n) is 2.31. The largest absolute Gasteiger partial charge is 0.400 e. The number of hydrogen-bond donors (Lipinski definition) is 0. The summed E-state index contributed by atoms with van der Waals surface area (Å²) in [5.74, 6) is 0.639. The van der Waals surface area contributed by atoms with E-state index >= 15 is 0 Å². The normalized spacial score (nSPS) is 33.8. The van der Waals surface area contributed by atoms with Gasteiger partial charge in [0, 0.05) is 0 Å². The predicted molar refractivity (Wildman–Crippen MR) is 60.4 cm³/mol. The third-order valence-electron chi connectivity index (χ3n) is 2.66. The van der Waals surface area contributed by atoms with E-state index < -0.39 is 13.9 Å². The van der Waals surface area contributed by atoms with E-state index in [2.05, 4.69) is 32.6 Å². The third-order valence-corrected chi connectivity index (χ3v) is 3.66. The molecule has 0 heterocycles. The van der Waals surface area contributed by atoms with Crippen molar-refractivity contribution in [2.45, 2.75) is 57.8 Å². The minimum Gasteiger partial charge on any atom is -0.400 e. The van der Waals surface area contributed by atoms with Gasteiger partial charge in [0.2, 0.25) is 0 Å². The first-order chi connectivity index (χ1) is 6.37. The maximum Gasteiger partial charge on any atom is 0.185 e. The molecule has 3 heteroatoms. The Morgan fingerprint density at radius 3 is 2.50 bits per heavy atom. The van der Waals surface area contributed by atoms with Crippen LogP contribution in [0.4, 0.5) is 0 Å². The highest BCUT2D eigenvalue weighted by Crippen LogP contribution is 2.36. The third kappa shape index (κ3) is 3.11. The molecule has 2 unspecified atom stereocenters. The molecular formula is C11H21NOSi. The van der Waals surface area contributed by atoms with Crippen LogP contribution in [0.15, 0.2) is 0 Å². The van der Waals surface area contributed by atoms with Crippen LogP contribution in [0, 0.1) is 17.2 Å². The zero-order valence-corrected chi connectivity index (χ0v) is 10.8. The molecule has 1 saturated carbocycles. The Balaban J connectivity index is 2.72. The van der Waals surface area contributed by atoms with Crippen LogP contribution in [0.2, 0.25) is 19.6 Å². The molecule has 0 amide bonds. The van der Waals surface area contributed by atoms with Gasteiger partial charge in [-0.2, -0.15) is 5.26 Å². The number of rotatable bonds is 2. The highest BCUT2D eigenvalue weighted by molar-refractivity contribution is 6.69. The lowest BCUT2D eigenvalue weighted by Crippen LogP contribution is -2.44. The SMILES string of the molecule is CC1CCCC(C#N)(O[Si](C)(C)C)C1.